The van der Waals surface area contributed by atoms with Crippen molar-refractivity contribution in [2.75, 3.05) is 13.1 Å². The predicted molar refractivity (Wildman–Crippen MR) is 90.7 cm³/mol. The molecular formula is C15H15N3O6S. The number of nitro benzene ring substituents is 1. The number of thioether (sulfide) groups is 1. The molecule has 1 aromatic rings. The quantitative estimate of drug-likeness (QED) is 0.447. The number of nitro groups is 1. The molecule has 0 aliphatic carbocycles. The van der Waals surface area contributed by atoms with E-state index in [0.717, 1.165) is 23.5 Å². The van der Waals surface area contributed by atoms with Gasteiger partial charge in [-0.2, -0.15) is 0 Å². The van der Waals surface area contributed by atoms with Crippen molar-refractivity contribution in [2.45, 2.75) is 13.3 Å². The van der Waals surface area contributed by atoms with E-state index in [1.165, 1.54) is 12.1 Å². The number of nitrogens with zero attached hydrogens (tertiary/aromatic N) is 2. The molecule has 1 aromatic carbocycles. The molecule has 1 saturated heterocycles. The Labute approximate surface area is 146 Å². The molecule has 132 valence electrons. The Morgan fingerprint density at radius 1 is 1.44 bits per heavy atom. The first-order valence-corrected chi connectivity index (χ1v) is 8.14. The number of carbonyl (C=O) groups excluding carboxylic acids is 3. The summed E-state index contributed by atoms with van der Waals surface area (Å²) in [5.74, 6) is -1.58. The third-order valence-electron chi connectivity index (χ3n) is 3.24. The minimum atomic E-state index is -0.753. The van der Waals surface area contributed by atoms with Crippen LogP contribution >= 0.6 is 11.8 Å². The molecule has 2 rings (SSSR count). The average molecular weight is 365 g/mol. The van der Waals surface area contributed by atoms with E-state index < -0.39 is 33.4 Å². The molecule has 9 nitrogen and oxygen atoms in total. The van der Waals surface area contributed by atoms with Gasteiger partial charge in [-0.15, -0.1) is 0 Å². The Morgan fingerprint density at radius 2 is 2.16 bits per heavy atom. The summed E-state index contributed by atoms with van der Waals surface area (Å²) in [6, 6.07) is 3.61. The number of nitrogens with one attached hydrogen (secondary N) is 1. The van der Waals surface area contributed by atoms with Gasteiger partial charge in [-0.1, -0.05) is 13.0 Å². The molecular weight excluding hydrogens is 350 g/mol. The molecule has 25 heavy (non-hydrogen) atoms. The molecule has 2 N–H and O–H groups in total. The summed E-state index contributed by atoms with van der Waals surface area (Å²) in [5.41, 5.74) is -0.225. The number of hydrogen-bond donors (Lipinski definition) is 2. The molecule has 10 heteroatoms. The van der Waals surface area contributed by atoms with E-state index >= 15 is 0 Å². The van der Waals surface area contributed by atoms with Crippen molar-refractivity contribution in [3.63, 3.8) is 0 Å². The van der Waals surface area contributed by atoms with E-state index in [-0.39, 0.29) is 17.0 Å². The first kappa shape index (κ1) is 18.5. The van der Waals surface area contributed by atoms with E-state index in [4.69, 9.17) is 0 Å². The summed E-state index contributed by atoms with van der Waals surface area (Å²) in [5, 5.41) is 22.3. The third kappa shape index (κ3) is 4.35. The Kier molecular flexibility index (Phi) is 5.75. The van der Waals surface area contributed by atoms with Gasteiger partial charge in [-0.05, 0) is 35.9 Å². The zero-order chi connectivity index (χ0) is 18.6. The third-order valence-corrected chi connectivity index (χ3v) is 4.15. The highest BCUT2D eigenvalue weighted by atomic mass is 32.2. The van der Waals surface area contributed by atoms with Gasteiger partial charge in [0, 0.05) is 12.6 Å². The van der Waals surface area contributed by atoms with Gasteiger partial charge in [-0.3, -0.25) is 29.4 Å². The van der Waals surface area contributed by atoms with Gasteiger partial charge >= 0.3 is 5.69 Å². The first-order valence-electron chi connectivity index (χ1n) is 7.33. The molecule has 1 heterocycles. The number of carbonyl (C=O) groups is 3. The molecule has 0 bridgehead atoms. The van der Waals surface area contributed by atoms with Gasteiger partial charge < -0.3 is 10.4 Å². The van der Waals surface area contributed by atoms with Crippen LogP contribution in [-0.4, -0.2) is 45.1 Å². The summed E-state index contributed by atoms with van der Waals surface area (Å²) in [6.45, 7) is 1.94. The van der Waals surface area contributed by atoms with Gasteiger partial charge in [-0.25, -0.2) is 0 Å². The molecule has 1 aliphatic heterocycles. The summed E-state index contributed by atoms with van der Waals surface area (Å²) in [6.07, 6.45) is 2.04. The normalized spacial score (nSPS) is 15.7. The lowest BCUT2D eigenvalue weighted by molar-refractivity contribution is -0.385. The zero-order valence-electron chi connectivity index (χ0n) is 13.2. The van der Waals surface area contributed by atoms with Crippen LogP contribution in [0.3, 0.4) is 0 Å². The van der Waals surface area contributed by atoms with Crippen molar-refractivity contribution in [1.82, 2.24) is 10.2 Å². The lowest BCUT2D eigenvalue weighted by Crippen LogP contribution is -2.39. The van der Waals surface area contributed by atoms with Crippen LogP contribution < -0.4 is 5.32 Å². The number of phenolic OH excluding ortho intramolecular Hbond substituents is 1. The van der Waals surface area contributed by atoms with Crippen LogP contribution in [0, 0.1) is 10.1 Å². The average Bonchev–Trinajstić information content (AvgIpc) is 2.82. The molecule has 1 fully saturated rings. The summed E-state index contributed by atoms with van der Waals surface area (Å²) in [7, 11) is 0. The lowest BCUT2D eigenvalue weighted by atomic mass is 10.1. The number of imide groups is 1. The van der Waals surface area contributed by atoms with E-state index in [9.17, 15) is 29.6 Å². The van der Waals surface area contributed by atoms with Gasteiger partial charge in [0.25, 0.3) is 11.1 Å². The van der Waals surface area contributed by atoms with Crippen molar-refractivity contribution in [2.24, 2.45) is 0 Å². The van der Waals surface area contributed by atoms with E-state index in [1.807, 2.05) is 6.92 Å². The zero-order valence-corrected chi connectivity index (χ0v) is 14.0. The highest BCUT2D eigenvalue weighted by Crippen LogP contribution is 2.33. The molecule has 0 aromatic heterocycles. The number of rotatable bonds is 6. The van der Waals surface area contributed by atoms with E-state index in [1.54, 1.807) is 0 Å². The fourth-order valence-electron chi connectivity index (χ4n) is 2.03. The molecule has 0 unspecified atom stereocenters. The Morgan fingerprint density at radius 3 is 2.80 bits per heavy atom. The number of amides is 3. The second-order valence-electron chi connectivity index (χ2n) is 5.12. The number of aromatic hydroxyl groups is 1. The van der Waals surface area contributed by atoms with Crippen molar-refractivity contribution in [3.05, 3.63) is 38.8 Å². The number of phenols is 1. The van der Waals surface area contributed by atoms with Crippen LogP contribution in [0.2, 0.25) is 0 Å². The summed E-state index contributed by atoms with van der Waals surface area (Å²) in [4.78, 5) is 46.8. The molecule has 0 atom stereocenters. The molecule has 1 aliphatic rings. The van der Waals surface area contributed by atoms with Gasteiger partial charge in [0.2, 0.25) is 5.91 Å². The maximum Gasteiger partial charge on any atom is 0.311 e. The first-order chi connectivity index (χ1) is 11.8. The highest BCUT2D eigenvalue weighted by molar-refractivity contribution is 8.18. The topological polar surface area (TPSA) is 130 Å². The largest absolute Gasteiger partial charge is 0.502 e. The Bertz CT molecular complexity index is 777. The van der Waals surface area contributed by atoms with Gasteiger partial charge in [0.15, 0.2) is 5.75 Å². The van der Waals surface area contributed by atoms with Crippen molar-refractivity contribution in [1.29, 1.82) is 0 Å². The van der Waals surface area contributed by atoms with Crippen LogP contribution in [0.15, 0.2) is 23.1 Å². The van der Waals surface area contributed by atoms with Crippen molar-refractivity contribution in [3.8, 4) is 5.75 Å². The fourth-order valence-corrected chi connectivity index (χ4v) is 2.87. The SMILES string of the molecule is CCCNC(=O)CN1C(=O)S/C(=C\c2ccc(O)c([N+](=O)[O-])c2)C1=O. The second-order valence-corrected chi connectivity index (χ2v) is 6.12. The fraction of sp³-hybridized carbons (Fsp3) is 0.267. The summed E-state index contributed by atoms with van der Waals surface area (Å²) < 4.78 is 0. The lowest BCUT2D eigenvalue weighted by Gasteiger charge is -2.11. The van der Waals surface area contributed by atoms with Crippen LogP contribution in [-0.2, 0) is 9.59 Å². The monoisotopic (exact) mass is 365 g/mol. The number of hydrogen-bond acceptors (Lipinski definition) is 7. The van der Waals surface area contributed by atoms with E-state index in [2.05, 4.69) is 5.32 Å². The maximum atomic E-state index is 12.3. The van der Waals surface area contributed by atoms with Crippen LogP contribution in [0.25, 0.3) is 6.08 Å². The minimum Gasteiger partial charge on any atom is -0.502 e. The van der Waals surface area contributed by atoms with Gasteiger partial charge in [0.05, 0.1) is 9.83 Å². The highest BCUT2D eigenvalue weighted by Gasteiger charge is 2.36. The Hall–Kier alpha value is -2.88. The molecule has 0 radical (unpaired) electrons. The maximum absolute atomic E-state index is 12.3. The minimum absolute atomic E-state index is 0.0493. The van der Waals surface area contributed by atoms with Crippen molar-refractivity contribution >= 4 is 40.6 Å². The number of benzene rings is 1. The standard InChI is InChI=1S/C15H15N3O6S/c1-2-5-16-13(20)8-17-14(21)12(25-15(17)22)7-9-3-4-11(19)10(6-9)18(23)24/h3-4,6-7,19H,2,5,8H2,1H3,(H,16,20)/b12-7-. The predicted octanol–water partition coefficient (Wildman–Crippen LogP) is 1.86. The summed E-state index contributed by atoms with van der Waals surface area (Å²) >= 11 is 0.647. The Balaban J connectivity index is 2.18. The van der Waals surface area contributed by atoms with Crippen LogP contribution in [0.1, 0.15) is 18.9 Å². The second kappa shape index (κ2) is 7.79. The van der Waals surface area contributed by atoms with E-state index in [0.29, 0.717) is 18.3 Å². The van der Waals surface area contributed by atoms with Gasteiger partial charge in [0.1, 0.15) is 6.54 Å². The smallest absolute Gasteiger partial charge is 0.311 e. The molecule has 0 spiro atoms. The molecule has 0 saturated carbocycles. The molecule has 3 amide bonds. The van der Waals surface area contributed by atoms with Crippen molar-refractivity contribution < 1.29 is 24.4 Å². The van der Waals surface area contributed by atoms with Crippen LogP contribution in [0.4, 0.5) is 10.5 Å². The van der Waals surface area contributed by atoms with Crippen LogP contribution in [0.5, 0.6) is 5.75 Å².